The lowest BCUT2D eigenvalue weighted by Gasteiger charge is -2.18. The summed E-state index contributed by atoms with van der Waals surface area (Å²) in [4.78, 5) is 0. The first-order chi connectivity index (χ1) is 4.70. The molecule has 0 bridgehead atoms. The zero-order valence-corrected chi connectivity index (χ0v) is 6.35. The highest BCUT2D eigenvalue weighted by atomic mass is 32.2. The SMILES string of the molecule is CCN(CNS(=O)[O-])NO. The van der Waals surface area contributed by atoms with Gasteiger partial charge in [-0.2, -0.15) is 0 Å². The van der Waals surface area contributed by atoms with Gasteiger partial charge in [0.2, 0.25) is 0 Å². The molecule has 6 nitrogen and oxygen atoms in total. The summed E-state index contributed by atoms with van der Waals surface area (Å²) in [5.41, 5.74) is 1.80. The zero-order valence-electron chi connectivity index (χ0n) is 5.53. The van der Waals surface area contributed by atoms with Gasteiger partial charge in [-0.05, 0) is 0 Å². The van der Waals surface area contributed by atoms with Crippen molar-refractivity contribution in [2.45, 2.75) is 6.92 Å². The Morgan fingerprint density at radius 1 is 1.80 bits per heavy atom. The van der Waals surface area contributed by atoms with Crippen LogP contribution in [0.15, 0.2) is 0 Å². The molecule has 7 heteroatoms. The van der Waals surface area contributed by atoms with Gasteiger partial charge < -0.3 is 9.76 Å². The van der Waals surface area contributed by atoms with Crippen LogP contribution in [0.3, 0.4) is 0 Å². The van der Waals surface area contributed by atoms with Gasteiger partial charge in [0.05, 0.1) is 6.67 Å². The monoisotopic (exact) mass is 168 g/mol. The van der Waals surface area contributed by atoms with Crippen LogP contribution in [-0.2, 0) is 11.3 Å². The summed E-state index contributed by atoms with van der Waals surface area (Å²) in [6.45, 7) is 2.31. The molecule has 0 aromatic heterocycles. The summed E-state index contributed by atoms with van der Waals surface area (Å²) in [6, 6.07) is 0. The maximum absolute atomic E-state index is 9.89. The fourth-order valence-corrected chi connectivity index (χ4v) is 0.610. The average molecular weight is 168 g/mol. The Hall–Kier alpha value is -0.0500. The van der Waals surface area contributed by atoms with Crippen molar-refractivity contribution < 1.29 is 14.0 Å². The van der Waals surface area contributed by atoms with E-state index in [9.17, 15) is 8.76 Å². The number of rotatable bonds is 5. The van der Waals surface area contributed by atoms with Gasteiger partial charge in [0.25, 0.3) is 0 Å². The van der Waals surface area contributed by atoms with E-state index >= 15 is 0 Å². The molecule has 0 heterocycles. The van der Waals surface area contributed by atoms with Crippen molar-refractivity contribution in [2.75, 3.05) is 13.2 Å². The van der Waals surface area contributed by atoms with Crippen molar-refractivity contribution in [3.05, 3.63) is 0 Å². The third-order valence-corrected chi connectivity index (χ3v) is 1.26. The van der Waals surface area contributed by atoms with Crippen molar-refractivity contribution in [2.24, 2.45) is 0 Å². The third-order valence-electron chi connectivity index (χ3n) is 0.896. The van der Waals surface area contributed by atoms with E-state index < -0.39 is 11.3 Å². The molecule has 0 radical (unpaired) electrons. The predicted molar refractivity (Wildman–Crippen MR) is 34.2 cm³/mol. The van der Waals surface area contributed by atoms with Gasteiger partial charge in [0, 0.05) is 17.8 Å². The van der Waals surface area contributed by atoms with Crippen LogP contribution in [0.1, 0.15) is 6.92 Å². The Morgan fingerprint density at radius 3 is 2.70 bits per heavy atom. The lowest BCUT2D eigenvalue weighted by molar-refractivity contribution is -0.0174. The molecule has 0 fully saturated rings. The first kappa shape index (κ1) is 9.95. The van der Waals surface area contributed by atoms with Gasteiger partial charge in [-0.1, -0.05) is 6.92 Å². The fourth-order valence-electron chi connectivity index (χ4n) is 0.348. The van der Waals surface area contributed by atoms with Crippen LogP contribution >= 0.6 is 0 Å². The van der Waals surface area contributed by atoms with E-state index in [4.69, 9.17) is 5.21 Å². The van der Waals surface area contributed by atoms with Gasteiger partial charge in [-0.3, -0.25) is 4.21 Å². The van der Waals surface area contributed by atoms with Crippen LogP contribution in [0.2, 0.25) is 0 Å². The fraction of sp³-hybridized carbons (Fsp3) is 1.00. The lowest BCUT2D eigenvalue weighted by atomic mass is 10.7. The van der Waals surface area contributed by atoms with E-state index in [1.165, 1.54) is 5.01 Å². The van der Waals surface area contributed by atoms with E-state index in [2.05, 4.69) is 4.72 Å². The highest BCUT2D eigenvalue weighted by Gasteiger charge is 1.95. The minimum absolute atomic E-state index is 0.0448. The Kier molecular flexibility index (Phi) is 5.69. The second-order valence-corrected chi connectivity index (χ2v) is 2.25. The molecule has 0 amide bonds. The van der Waals surface area contributed by atoms with E-state index in [1.807, 2.05) is 0 Å². The zero-order chi connectivity index (χ0) is 7.98. The maximum atomic E-state index is 9.89. The second-order valence-electron chi connectivity index (χ2n) is 1.49. The smallest absolute Gasteiger partial charge is 0.0748 e. The molecule has 0 aliphatic carbocycles. The molecule has 0 spiro atoms. The van der Waals surface area contributed by atoms with Crippen LogP contribution in [-0.4, -0.2) is 32.2 Å². The standard InChI is InChI=1S/C3H11N3O3S/c1-2-6(5-7)3-4-10(8)9/h4-5,7H,2-3H2,1H3,(H,8,9)/p-1. The van der Waals surface area contributed by atoms with Crippen LogP contribution in [0, 0.1) is 0 Å². The highest BCUT2D eigenvalue weighted by Crippen LogP contribution is 1.75. The van der Waals surface area contributed by atoms with Crippen molar-refractivity contribution in [3.63, 3.8) is 0 Å². The summed E-state index contributed by atoms with van der Waals surface area (Å²) < 4.78 is 21.8. The van der Waals surface area contributed by atoms with Gasteiger partial charge in [0.15, 0.2) is 0 Å². The number of hydrogen-bond acceptors (Lipinski definition) is 5. The minimum Gasteiger partial charge on any atom is -0.760 e. The highest BCUT2D eigenvalue weighted by molar-refractivity contribution is 7.77. The van der Waals surface area contributed by atoms with Crippen LogP contribution in [0.25, 0.3) is 0 Å². The predicted octanol–water partition coefficient (Wildman–Crippen LogP) is -1.46. The second kappa shape index (κ2) is 5.71. The third kappa shape index (κ3) is 4.79. The van der Waals surface area contributed by atoms with Crippen molar-refractivity contribution >= 4 is 11.3 Å². The molecule has 1 unspecified atom stereocenters. The van der Waals surface area contributed by atoms with E-state index in [0.29, 0.717) is 6.54 Å². The van der Waals surface area contributed by atoms with Crippen molar-refractivity contribution in [1.82, 2.24) is 15.3 Å². The lowest BCUT2D eigenvalue weighted by Crippen LogP contribution is -2.42. The van der Waals surface area contributed by atoms with E-state index in [0.717, 1.165) is 0 Å². The topological polar surface area (TPSA) is 87.7 Å². The van der Waals surface area contributed by atoms with E-state index in [-0.39, 0.29) is 6.67 Å². The maximum Gasteiger partial charge on any atom is 0.0748 e. The summed E-state index contributed by atoms with van der Waals surface area (Å²) in [5, 5.41) is 9.55. The Balaban J connectivity index is 3.34. The van der Waals surface area contributed by atoms with Crippen LogP contribution in [0.5, 0.6) is 0 Å². The molecule has 0 saturated heterocycles. The van der Waals surface area contributed by atoms with Gasteiger partial charge >= 0.3 is 0 Å². The molecule has 0 rings (SSSR count). The van der Waals surface area contributed by atoms with Crippen LogP contribution in [0.4, 0.5) is 0 Å². The van der Waals surface area contributed by atoms with Gasteiger partial charge in [-0.15, -0.1) is 5.59 Å². The minimum atomic E-state index is -2.28. The Morgan fingerprint density at radius 2 is 2.40 bits per heavy atom. The molecular formula is C3H10N3O3S-. The molecule has 0 saturated carbocycles. The molecule has 0 aromatic carbocycles. The summed E-state index contributed by atoms with van der Waals surface area (Å²) in [6.07, 6.45) is 0. The van der Waals surface area contributed by atoms with E-state index in [1.54, 1.807) is 12.5 Å². The molecular weight excluding hydrogens is 158 g/mol. The molecule has 0 aliphatic heterocycles. The molecule has 3 N–H and O–H groups in total. The van der Waals surface area contributed by atoms with Crippen molar-refractivity contribution in [3.8, 4) is 0 Å². The normalized spacial score (nSPS) is 14.0. The molecule has 0 aliphatic rings. The summed E-state index contributed by atoms with van der Waals surface area (Å²) >= 11 is -2.28. The largest absolute Gasteiger partial charge is 0.760 e. The first-order valence-corrected chi connectivity index (χ1v) is 3.75. The van der Waals surface area contributed by atoms with Gasteiger partial charge in [-0.25, -0.2) is 9.73 Å². The Bertz CT molecular complexity index is 107. The average Bonchev–Trinajstić information content (AvgIpc) is 1.90. The molecule has 62 valence electrons. The number of nitrogens with zero attached hydrogens (tertiary/aromatic N) is 1. The molecule has 0 aromatic rings. The number of hydrogen-bond donors (Lipinski definition) is 3. The summed E-state index contributed by atoms with van der Waals surface area (Å²) in [7, 11) is 0. The number of hydrazine groups is 1. The number of nitrogens with one attached hydrogen (secondary N) is 2. The molecule has 10 heavy (non-hydrogen) atoms. The van der Waals surface area contributed by atoms with Gasteiger partial charge in [0.1, 0.15) is 0 Å². The quantitative estimate of drug-likeness (QED) is 0.265. The Labute approximate surface area is 61.6 Å². The first-order valence-electron chi connectivity index (χ1n) is 2.68. The van der Waals surface area contributed by atoms with Crippen molar-refractivity contribution in [1.29, 1.82) is 0 Å². The summed E-state index contributed by atoms with van der Waals surface area (Å²) in [5.74, 6) is 0. The molecule has 1 atom stereocenters. The van der Waals surface area contributed by atoms with Crippen LogP contribution < -0.4 is 10.3 Å².